The summed E-state index contributed by atoms with van der Waals surface area (Å²) in [7, 11) is 0. The highest BCUT2D eigenvalue weighted by atomic mass is 16.1. The molecule has 2 aromatic carbocycles. The molecule has 2 N–H and O–H groups in total. The smallest absolute Gasteiger partial charge is 0.237 e. The summed E-state index contributed by atoms with van der Waals surface area (Å²) in [5.74, 6) is -0.616. The van der Waals surface area contributed by atoms with Gasteiger partial charge in [-0.15, -0.1) is 0 Å². The third kappa shape index (κ3) is 3.06. The molecule has 0 bridgehead atoms. The summed E-state index contributed by atoms with van der Waals surface area (Å²) in [5, 5.41) is 0. The Hall–Kier alpha value is -3.14. The molecule has 4 heteroatoms. The number of amides is 1. The molecule has 0 fully saturated rings. The molecule has 0 spiro atoms. The molecule has 0 atom stereocenters. The predicted molar refractivity (Wildman–Crippen MR) is 88.9 cm³/mol. The largest absolute Gasteiger partial charge is 0.368 e. The fourth-order valence-corrected chi connectivity index (χ4v) is 2.59. The Morgan fingerprint density at radius 3 is 2.04 bits per heavy atom. The van der Waals surface area contributed by atoms with Crippen LogP contribution in [-0.4, -0.2) is 16.3 Å². The molecule has 0 aliphatic rings. The Bertz CT molecular complexity index is 836. The molecule has 1 aromatic heterocycles. The molecular formula is C19H16N2O2. The van der Waals surface area contributed by atoms with Crippen molar-refractivity contribution in [1.82, 2.24) is 4.57 Å². The molecule has 0 saturated carbocycles. The van der Waals surface area contributed by atoms with Gasteiger partial charge in [-0.25, -0.2) is 0 Å². The van der Waals surface area contributed by atoms with Crippen LogP contribution in [0.2, 0.25) is 0 Å². The van der Waals surface area contributed by atoms with Crippen molar-refractivity contribution in [2.45, 2.75) is 6.54 Å². The van der Waals surface area contributed by atoms with Crippen molar-refractivity contribution in [3.05, 3.63) is 84.1 Å². The van der Waals surface area contributed by atoms with Crippen LogP contribution in [0, 0.1) is 0 Å². The second-order valence-electron chi connectivity index (χ2n) is 5.22. The minimum Gasteiger partial charge on any atom is -0.368 e. The minimum atomic E-state index is -0.486. The van der Waals surface area contributed by atoms with Crippen molar-refractivity contribution in [3.63, 3.8) is 0 Å². The average molecular weight is 304 g/mol. The van der Waals surface area contributed by atoms with Gasteiger partial charge in [0.25, 0.3) is 0 Å². The van der Waals surface area contributed by atoms with E-state index in [0.717, 1.165) is 11.3 Å². The van der Waals surface area contributed by atoms with Crippen LogP contribution in [0.3, 0.4) is 0 Å². The number of ketones is 1. The maximum absolute atomic E-state index is 12.7. The molecule has 3 aromatic rings. The lowest BCUT2D eigenvalue weighted by Gasteiger charge is -2.11. The number of carbonyl (C=O) groups excluding carboxylic acids is 2. The van der Waals surface area contributed by atoms with E-state index >= 15 is 0 Å². The van der Waals surface area contributed by atoms with Crippen LogP contribution < -0.4 is 5.73 Å². The lowest BCUT2D eigenvalue weighted by Crippen LogP contribution is -2.22. The lowest BCUT2D eigenvalue weighted by molar-refractivity contribution is -0.118. The number of rotatable bonds is 5. The summed E-state index contributed by atoms with van der Waals surface area (Å²) in [6, 6.07) is 22.2. The summed E-state index contributed by atoms with van der Waals surface area (Å²) in [5.41, 5.74) is 8.13. The molecule has 0 aliphatic heterocycles. The van der Waals surface area contributed by atoms with Gasteiger partial charge < -0.3 is 10.3 Å². The third-order valence-corrected chi connectivity index (χ3v) is 3.63. The molecule has 0 saturated heterocycles. The zero-order valence-electron chi connectivity index (χ0n) is 12.5. The van der Waals surface area contributed by atoms with E-state index in [9.17, 15) is 9.59 Å². The number of aromatic nitrogens is 1. The van der Waals surface area contributed by atoms with Crippen molar-refractivity contribution in [2.24, 2.45) is 5.73 Å². The van der Waals surface area contributed by atoms with Gasteiger partial charge in [0, 0.05) is 11.3 Å². The Morgan fingerprint density at radius 2 is 1.43 bits per heavy atom. The Morgan fingerprint density at radius 1 is 0.826 bits per heavy atom. The zero-order chi connectivity index (χ0) is 16.2. The Balaban J connectivity index is 2.09. The summed E-state index contributed by atoms with van der Waals surface area (Å²) in [6.45, 7) is -0.0366. The van der Waals surface area contributed by atoms with Gasteiger partial charge in [-0.1, -0.05) is 60.7 Å². The van der Waals surface area contributed by atoms with Gasteiger partial charge in [-0.05, 0) is 17.7 Å². The first-order chi connectivity index (χ1) is 11.2. The highest BCUT2D eigenvalue weighted by molar-refractivity contribution is 6.08. The van der Waals surface area contributed by atoms with Crippen LogP contribution in [0.25, 0.3) is 11.3 Å². The number of nitrogens with two attached hydrogens (primary N) is 1. The van der Waals surface area contributed by atoms with Crippen LogP contribution >= 0.6 is 0 Å². The normalized spacial score (nSPS) is 10.4. The Kier molecular flexibility index (Phi) is 4.06. The molecule has 4 nitrogen and oxygen atoms in total. The fourth-order valence-electron chi connectivity index (χ4n) is 2.59. The van der Waals surface area contributed by atoms with Crippen LogP contribution in [0.4, 0.5) is 0 Å². The van der Waals surface area contributed by atoms with E-state index in [1.165, 1.54) is 0 Å². The topological polar surface area (TPSA) is 65.1 Å². The standard InChI is InChI=1S/C19H16N2O2/c20-18(22)13-21-16(14-7-3-1-4-8-14)11-12-17(21)19(23)15-9-5-2-6-10-15/h1-12H,13H2,(H2,20,22). The van der Waals surface area contributed by atoms with Crippen molar-refractivity contribution in [3.8, 4) is 11.3 Å². The van der Waals surface area contributed by atoms with Gasteiger partial charge in [-0.2, -0.15) is 0 Å². The van der Waals surface area contributed by atoms with Gasteiger partial charge in [-0.3, -0.25) is 9.59 Å². The second kappa shape index (κ2) is 6.32. The molecule has 0 aliphatic carbocycles. The van der Waals surface area contributed by atoms with Crippen LogP contribution in [0.5, 0.6) is 0 Å². The number of benzene rings is 2. The van der Waals surface area contributed by atoms with Crippen molar-refractivity contribution in [1.29, 1.82) is 0 Å². The molecule has 114 valence electrons. The third-order valence-electron chi connectivity index (χ3n) is 3.63. The predicted octanol–water partition coefficient (Wildman–Crippen LogP) is 2.87. The van der Waals surface area contributed by atoms with Gasteiger partial charge in [0.1, 0.15) is 6.54 Å². The van der Waals surface area contributed by atoms with E-state index in [4.69, 9.17) is 5.73 Å². The van der Waals surface area contributed by atoms with Gasteiger partial charge in [0.15, 0.2) is 0 Å². The van der Waals surface area contributed by atoms with E-state index < -0.39 is 5.91 Å². The number of carbonyl (C=O) groups is 2. The minimum absolute atomic E-state index is 0.0366. The van der Waals surface area contributed by atoms with E-state index in [1.807, 2.05) is 54.6 Å². The summed E-state index contributed by atoms with van der Waals surface area (Å²) in [6.07, 6.45) is 0. The first kappa shape index (κ1) is 14.8. The number of hydrogen-bond donors (Lipinski definition) is 1. The number of primary amides is 1. The zero-order valence-corrected chi connectivity index (χ0v) is 12.5. The Labute approximate surface area is 134 Å². The molecule has 0 unspecified atom stereocenters. The van der Waals surface area contributed by atoms with Gasteiger partial charge >= 0.3 is 0 Å². The first-order valence-corrected chi connectivity index (χ1v) is 7.30. The van der Waals surface area contributed by atoms with E-state index in [0.29, 0.717) is 11.3 Å². The van der Waals surface area contributed by atoms with E-state index in [2.05, 4.69) is 0 Å². The molecule has 1 heterocycles. The number of hydrogen-bond acceptors (Lipinski definition) is 2. The fraction of sp³-hybridized carbons (Fsp3) is 0.0526. The number of nitrogens with zero attached hydrogens (tertiary/aromatic N) is 1. The van der Waals surface area contributed by atoms with Crippen LogP contribution in [-0.2, 0) is 11.3 Å². The monoisotopic (exact) mass is 304 g/mol. The summed E-state index contributed by atoms with van der Waals surface area (Å²) in [4.78, 5) is 24.2. The molecule has 0 radical (unpaired) electrons. The van der Waals surface area contributed by atoms with Crippen molar-refractivity contribution >= 4 is 11.7 Å². The molecular weight excluding hydrogens is 288 g/mol. The maximum atomic E-state index is 12.7. The second-order valence-corrected chi connectivity index (χ2v) is 5.22. The van der Waals surface area contributed by atoms with Crippen molar-refractivity contribution < 1.29 is 9.59 Å². The first-order valence-electron chi connectivity index (χ1n) is 7.30. The van der Waals surface area contributed by atoms with Crippen LogP contribution in [0.15, 0.2) is 72.8 Å². The van der Waals surface area contributed by atoms with Crippen LogP contribution in [0.1, 0.15) is 16.1 Å². The SMILES string of the molecule is NC(=O)Cn1c(C(=O)c2ccccc2)ccc1-c1ccccc1. The van der Waals surface area contributed by atoms with E-state index in [-0.39, 0.29) is 12.3 Å². The van der Waals surface area contributed by atoms with Gasteiger partial charge in [0.2, 0.25) is 11.7 Å². The molecule has 1 amide bonds. The quantitative estimate of drug-likeness (QED) is 0.737. The molecule has 23 heavy (non-hydrogen) atoms. The summed E-state index contributed by atoms with van der Waals surface area (Å²) < 4.78 is 1.67. The highest BCUT2D eigenvalue weighted by Crippen LogP contribution is 2.24. The summed E-state index contributed by atoms with van der Waals surface area (Å²) >= 11 is 0. The van der Waals surface area contributed by atoms with Gasteiger partial charge in [0.05, 0.1) is 5.69 Å². The highest BCUT2D eigenvalue weighted by Gasteiger charge is 2.18. The lowest BCUT2D eigenvalue weighted by atomic mass is 10.1. The molecule has 3 rings (SSSR count). The van der Waals surface area contributed by atoms with E-state index in [1.54, 1.807) is 22.8 Å². The average Bonchev–Trinajstić information content (AvgIpc) is 2.98. The maximum Gasteiger partial charge on any atom is 0.237 e. The van der Waals surface area contributed by atoms with Crippen molar-refractivity contribution in [2.75, 3.05) is 0 Å².